The fourth-order valence-corrected chi connectivity index (χ4v) is 1.72. The molecule has 0 amide bonds. The highest BCUT2D eigenvalue weighted by Gasteiger charge is 2.24. The molecular formula is C13H17FN2O5. The van der Waals surface area contributed by atoms with Crippen LogP contribution in [0.3, 0.4) is 0 Å². The van der Waals surface area contributed by atoms with Gasteiger partial charge in [-0.2, -0.15) is 0 Å². The van der Waals surface area contributed by atoms with E-state index in [1.54, 1.807) is 6.07 Å². The van der Waals surface area contributed by atoms with Crippen LogP contribution in [0, 0.1) is 5.92 Å². The summed E-state index contributed by atoms with van der Waals surface area (Å²) >= 11 is 0. The van der Waals surface area contributed by atoms with Gasteiger partial charge in [0.15, 0.2) is 0 Å². The first-order valence-electron chi connectivity index (χ1n) is 6.29. The fourth-order valence-electron chi connectivity index (χ4n) is 1.72. The van der Waals surface area contributed by atoms with Crippen LogP contribution < -0.4 is 10.5 Å². The summed E-state index contributed by atoms with van der Waals surface area (Å²) in [5.74, 6) is -3.04. The van der Waals surface area contributed by atoms with Crippen LogP contribution in [-0.2, 0) is 16.0 Å². The Bertz CT molecular complexity index is 480. The summed E-state index contributed by atoms with van der Waals surface area (Å²) in [6.07, 6.45) is 1.34. The van der Waals surface area contributed by atoms with E-state index in [-0.39, 0.29) is 25.3 Å². The maximum absolute atomic E-state index is 11.9. The molecule has 1 aromatic rings. The van der Waals surface area contributed by atoms with Crippen molar-refractivity contribution < 1.29 is 28.9 Å². The minimum Gasteiger partial charge on any atom is -0.481 e. The summed E-state index contributed by atoms with van der Waals surface area (Å²) in [6.45, 7) is -0.727. The third-order valence-electron chi connectivity index (χ3n) is 2.81. The van der Waals surface area contributed by atoms with E-state index in [1.807, 2.05) is 0 Å². The highest BCUT2D eigenvalue weighted by Crippen LogP contribution is 2.16. The molecule has 0 aromatic carbocycles. The van der Waals surface area contributed by atoms with Gasteiger partial charge in [-0.1, -0.05) is 6.07 Å². The Hall–Kier alpha value is -2.22. The van der Waals surface area contributed by atoms with Crippen molar-refractivity contribution in [3.63, 3.8) is 0 Å². The zero-order valence-electron chi connectivity index (χ0n) is 11.2. The van der Waals surface area contributed by atoms with Crippen LogP contribution in [0.5, 0.6) is 5.88 Å². The summed E-state index contributed by atoms with van der Waals surface area (Å²) in [5.41, 5.74) is 5.96. The van der Waals surface area contributed by atoms with E-state index >= 15 is 0 Å². The summed E-state index contributed by atoms with van der Waals surface area (Å²) in [5, 5.41) is 17.8. The van der Waals surface area contributed by atoms with E-state index in [9.17, 15) is 14.0 Å². The second kappa shape index (κ2) is 8.15. The summed E-state index contributed by atoms with van der Waals surface area (Å²) in [4.78, 5) is 25.7. The van der Waals surface area contributed by atoms with Crippen LogP contribution in [0.4, 0.5) is 4.39 Å². The number of carboxylic acid groups (broad SMARTS) is 2. The number of aromatic nitrogens is 1. The van der Waals surface area contributed by atoms with Gasteiger partial charge in [-0.3, -0.25) is 9.59 Å². The minimum atomic E-state index is -1.24. The lowest BCUT2D eigenvalue weighted by atomic mass is 9.94. The van der Waals surface area contributed by atoms with Crippen molar-refractivity contribution in [3.8, 4) is 5.88 Å². The Kier molecular flexibility index (Phi) is 6.54. The van der Waals surface area contributed by atoms with Crippen molar-refractivity contribution in [1.82, 2.24) is 4.98 Å². The van der Waals surface area contributed by atoms with Gasteiger partial charge in [-0.05, 0) is 18.4 Å². The van der Waals surface area contributed by atoms with E-state index in [2.05, 4.69) is 4.98 Å². The van der Waals surface area contributed by atoms with Gasteiger partial charge < -0.3 is 20.7 Å². The average molecular weight is 299 g/mol. The van der Waals surface area contributed by atoms with E-state index < -0.39 is 30.6 Å². The maximum atomic E-state index is 11.9. The largest absolute Gasteiger partial charge is 0.481 e. The summed E-state index contributed by atoms with van der Waals surface area (Å²) < 4.78 is 16.9. The van der Waals surface area contributed by atoms with E-state index in [0.717, 1.165) is 0 Å². The lowest BCUT2D eigenvalue weighted by Crippen LogP contribution is -2.35. The molecule has 1 unspecified atom stereocenters. The molecule has 1 rings (SSSR count). The molecule has 0 spiro atoms. The first kappa shape index (κ1) is 16.8. The third kappa shape index (κ3) is 5.74. The number of halogens is 1. The van der Waals surface area contributed by atoms with Gasteiger partial charge >= 0.3 is 11.9 Å². The molecule has 21 heavy (non-hydrogen) atoms. The number of nitrogens with zero attached hydrogens (tertiary/aromatic N) is 1. The number of hydrogen-bond acceptors (Lipinski definition) is 5. The normalized spacial score (nSPS) is 13.4. The molecule has 4 N–H and O–H groups in total. The van der Waals surface area contributed by atoms with Gasteiger partial charge in [-0.25, -0.2) is 9.37 Å². The molecule has 0 aliphatic heterocycles. The van der Waals surface area contributed by atoms with Crippen molar-refractivity contribution in [2.24, 2.45) is 11.7 Å². The van der Waals surface area contributed by atoms with Crippen LogP contribution in [0.2, 0.25) is 0 Å². The van der Waals surface area contributed by atoms with Crippen LogP contribution in [0.1, 0.15) is 12.0 Å². The number of aliphatic carboxylic acids is 2. The van der Waals surface area contributed by atoms with Crippen LogP contribution in [-0.4, -0.2) is 46.5 Å². The second-order valence-corrected chi connectivity index (χ2v) is 4.46. The second-order valence-electron chi connectivity index (χ2n) is 4.46. The number of rotatable bonds is 9. The average Bonchev–Trinajstić information content (AvgIpc) is 2.45. The Morgan fingerprint density at radius 3 is 2.52 bits per heavy atom. The number of carboxylic acids is 2. The van der Waals surface area contributed by atoms with Crippen LogP contribution in [0.15, 0.2) is 18.3 Å². The Labute approximate surface area is 120 Å². The molecule has 0 saturated carbocycles. The predicted molar refractivity (Wildman–Crippen MR) is 70.8 cm³/mol. The van der Waals surface area contributed by atoms with Crippen molar-refractivity contribution >= 4 is 11.9 Å². The molecule has 2 atom stereocenters. The lowest BCUT2D eigenvalue weighted by Gasteiger charge is -2.15. The zero-order valence-corrected chi connectivity index (χ0v) is 11.2. The lowest BCUT2D eigenvalue weighted by molar-refractivity contribution is -0.143. The first-order chi connectivity index (χ1) is 9.93. The molecule has 0 aliphatic rings. The Balaban J connectivity index is 2.66. The molecule has 1 heterocycles. The topological polar surface area (TPSA) is 123 Å². The maximum Gasteiger partial charge on any atom is 0.320 e. The van der Waals surface area contributed by atoms with Gasteiger partial charge in [0.05, 0.1) is 5.92 Å². The molecule has 0 saturated heterocycles. The van der Waals surface area contributed by atoms with E-state index in [1.165, 1.54) is 12.3 Å². The van der Waals surface area contributed by atoms with Crippen molar-refractivity contribution in [1.29, 1.82) is 0 Å². The number of hydrogen-bond donors (Lipinski definition) is 3. The molecule has 7 nitrogen and oxygen atoms in total. The van der Waals surface area contributed by atoms with Crippen LogP contribution >= 0.6 is 0 Å². The number of nitrogens with two attached hydrogens (primary N) is 1. The number of pyridine rings is 1. The quantitative estimate of drug-likeness (QED) is 0.605. The van der Waals surface area contributed by atoms with Crippen LogP contribution in [0.25, 0.3) is 0 Å². The molecule has 0 bridgehead atoms. The number of ether oxygens (including phenoxy) is 1. The third-order valence-corrected chi connectivity index (χ3v) is 2.81. The molecule has 1 aromatic heterocycles. The number of carbonyl (C=O) groups is 2. The summed E-state index contributed by atoms with van der Waals surface area (Å²) in [6, 6.07) is 1.87. The zero-order chi connectivity index (χ0) is 15.8. The van der Waals surface area contributed by atoms with Gasteiger partial charge in [0.25, 0.3) is 0 Å². The highest BCUT2D eigenvalue weighted by molar-refractivity contribution is 5.76. The van der Waals surface area contributed by atoms with Crippen molar-refractivity contribution in [3.05, 3.63) is 23.9 Å². The molecule has 0 fully saturated rings. The highest BCUT2D eigenvalue weighted by atomic mass is 18.2. The van der Waals surface area contributed by atoms with E-state index in [4.69, 9.17) is 20.7 Å². The minimum absolute atomic E-state index is 0.0996. The molecule has 116 valence electrons. The fraction of sp³-hybridized carbons (Fsp3) is 0.462. The Morgan fingerprint density at radius 2 is 2.05 bits per heavy atom. The number of alkyl halides is 1. The van der Waals surface area contributed by atoms with Gasteiger partial charge in [-0.15, -0.1) is 0 Å². The van der Waals surface area contributed by atoms with Gasteiger partial charge in [0.2, 0.25) is 5.88 Å². The summed E-state index contributed by atoms with van der Waals surface area (Å²) in [7, 11) is 0. The standard InChI is InChI=1S/C13H17FN2O5/c14-3-4-21-11-2-1-8(7-16-11)5-9(12(17)18)6-10(15)13(19)20/h1-2,7,9-10H,3-6,15H2,(H,17,18)(H,19,20)/t9?,10-/m0/s1/i14-1. The van der Waals surface area contributed by atoms with E-state index in [0.29, 0.717) is 5.56 Å². The van der Waals surface area contributed by atoms with Crippen molar-refractivity contribution in [2.45, 2.75) is 18.9 Å². The molecule has 0 radical (unpaired) electrons. The smallest absolute Gasteiger partial charge is 0.320 e. The van der Waals surface area contributed by atoms with Crippen molar-refractivity contribution in [2.75, 3.05) is 13.3 Å². The SMILES string of the molecule is N[C@@H](CC(Cc1ccc(OCC[18F])nc1)C(=O)O)C(=O)O. The van der Waals surface area contributed by atoms with Gasteiger partial charge in [0.1, 0.15) is 19.3 Å². The molecule has 0 aliphatic carbocycles. The molecule has 8 heteroatoms. The Morgan fingerprint density at radius 1 is 1.33 bits per heavy atom. The first-order valence-corrected chi connectivity index (χ1v) is 6.29. The van der Waals surface area contributed by atoms with Gasteiger partial charge in [0, 0.05) is 12.3 Å². The predicted octanol–water partition coefficient (Wildman–Crippen LogP) is 0.475. The monoisotopic (exact) mass is 299 g/mol. The molecular weight excluding hydrogens is 282 g/mol.